The Morgan fingerprint density at radius 2 is 1.85 bits per heavy atom. The van der Waals surface area contributed by atoms with Gasteiger partial charge in [0.25, 0.3) is 11.8 Å². The number of likely N-dealkylation sites (tertiary alicyclic amines) is 1. The van der Waals surface area contributed by atoms with Gasteiger partial charge in [-0.25, -0.2) is 10.3 Å². The second-order valence-corrected chi connectivity index (χ2v) is 8.66. The first-order valence-corrected chi connectivity index (χ1v) is 11.6. The highest BCUT2D eigenvalue weighted by Gasteiger charge is 2.26. The highest BCUT2D eigenvalue weighted by molar-refractivity contribution is 6.30. The van der Waals surface area contributed by atoms with Gasteiger partial charge in [0.15, 0.2) is 6.29 Å². The molecule has 0 spiro atoms. The molecule has 2 aliphatic heterocycles. The van der Waals surface area contributed by atoms with E-state index in [9.17, 15) is 9.59 Å². The van der Waals surface area contributed by atoms with Gasteiger partial charge in [-0.2, -0.15) is 0 Å². The van der Waals surface area contributed by atoms with Crippen molar-refractivity contribution in [3.8, 4) is 0 Å². The summed E-state index contributed by atoms with van der Waals surface area (Å²) < 4.78 is 5.41. The molecule has 2 amide bonds. The molecular weight excluding hydrogens is 442 g/mol. The quantitative estimate of drug-likeness (QED) is 0.468. The van der Waals surface area contributed by atoms with Crippen molar-refractivity contribution in [1.29, 1.82) is 0 Å². The summed E-state index contributed by atoms with van der Waals surface area (Å²) in [6, 6.07) is 15.0. The minimum atomic E-state index is -0.366. The van der Waals surface area contributed by atoms with Crippen molar-refractivity contribution in [2.45, 2.75) is 38.0 Å². The van der Waals surface area contributed by atoms with Crippen molar-refractivity contribution in [3.63, 3.8) is 0 Å². The van der Waals surface area contributed by atoms with Crippen molar-refractivity contribution in [1.82, 2.24) is 10.4 Å². The first-order valence-electron chi connectivity index (χ1n) is 11.2. The van der Waals surface area contributed by atoms with Gasteiger partial charge in [-0.15, -0.1) is 0 Å². The number of anilines is 1. The van der Waals surface area contributed by atoms with Crippen LogP contribution in [0.4, 0.5) is 5.69 Å². The molecule has 2 atom stereocenters. The SMILES string of the molecule is O=C(C=Cc1ccc(N[C@@H]2CCN(C(=O)c3ccc(Cl)cc3)C2)cc1)NOC1CCCCO1. The predicted octanol–water partition coefficient (Wildman–Crippen LogP) is 4.25. The largest absolute Gasteiger partial charge is 0.380 e. The summed E-state index contributed by atoms with van der Waals surface area (Å²) in [5.74, 6) is -0.309. The molecule has 8 heteroatoms. The number of amides is 2. The van der Waals surface area contributed by atoms with E-state index in [1.807, 2.05) is 29.2 Å². The smallest absolute Gasteiger partial charge is 0.267 e. The van der Waals surface area contributed by atoms with Crippen molar-refractivity contribution < 1.29 is 19.2 Å². The molecule has 33 heavy (non-hydrogen) atoms. The standard InChI is InChI=1S/C25H28ClN3O4/c26-20-9-7-19(8-10-20)25(31)29-15-14-22(17-29)27-21-11-4-18(5-12-21)6-13-23(30)28-33-24-3-1-2-16-32-24/h4-13,22,24,27H,1-3,14-17H2,(H,28,30)/t22-,24?/m1/s1. The van der Waals surface area contributed by atoms with Crippen LogP contribution in [0.3, 0.4) is 0 Å². The summed E-state index contributed by atoms with van der Waals surface area (Å²) in [5, 5.41) is 4.10. The van der Waals surface area contributed by atoms with Gasteiger partial charge in [0.05, 0.1) is 0 Å². The molecule has 174 valence electrons. The van der Waals surface area contributed by atoms with Crippen LogP contribution < -0.4 is 10.8 Å². The van der Waals surface area contributed by atoms with Crippen LogP contribution in [-0.2, 0) is 14.4 Å². The van der Waals surface area contributed by atoms with Crippen LogP contribution in [0.2, 0.25) is 5.02 Å². The third kappa shape index (κ3) is 6.81. The Bertz CT molecular complexity index is 972. The Kier molecular flexibility index (Phi) is 7.99. The van der Waals surface area contributed by atoms with E-state index in [4.69, 9.17) is 21.2 Å². The van der Waals surface area contributed by atoms with Crippen LogP contribution in [-0.4, -0.2) is 48.7 Å². The number of carbonyl (C=O) groups is 2. The highest BCUT2D eigenvalue weighted by Crippen LogP contribution is 2.20. The van der Waals surface area contributed by atoms with E-state index in [1.165, 1.54) is 6.08 Å². The zero-order valence-electron chi connectivity index (χ0n) is 18.3. The molecular formula is C25H28ClN3O4. The topological polar surface area (TPSA) is 79.9 Å². The Balaban J connectivity index is 1.22. The molecule has 4 rings (SSSR count). The van der Waals surface area contributed by atoms with Crippen molar-refractivity contribution >= 4 is 35.2 Å². The predicted molar refractivity (Wildman–Crippen MR) is 128 cm³/mol. The van der Waals surface area contributed by atoms with E-state index < -0.39 is 0 Å². The van der Waals surface area contributed by atoms with Gasteiger partial charge in [-0.3, -0.25) is 9.59 Å². The Morgan fingerprint density at radius 1 is 1.06 bits per heavy atom. The Hall–Kier alpha value is -2.87. The molecule has 2 saturated heterocycles. The number of benzene rings is 2. The minimum absolute atomic E-state index is 0.0220. The maximum atomic E-state index is 12.7. The van der Waals surface area contributed by atoms with Crippen LogP contribution in [0.15, 0.2) is 54.6 Å². The molecule has 1 unspecified atom stereocenters. The average molecular weight is 470 g/mol. The molecule has 0 radical (unpaired) electrons. The second kappa shape index (κ2) is 11.3. The lowest BCUT2D eigenvalue weighted by Crippen LogP contribution is -2.32. The van der Waals surface area contributed by atoms with E-state index in [-0.39, 0.29) is 24.1 Å². The monoisotopic (exact) mass is 469 g/mol. The molecule has 0 bridgehead atoms. The fraction of sp³-hybridized carbons (Fsp3) is 0.360. The van der Waals surface area contributed by atoms with Gasteiger partial charge < -0.3 is 15.0 Å². The number of carbonyl (C=O) groups excluding carboxylic acids is 2. The van der Waals surface area contributed by atoms with Gasteiger partial charge in [-0.05, 0) is 67.3 Å². The maximum Gasteiger partial charge on any atom is 0.267 e. The van der Waals surface area contributed by atoms with Crippen LogP contribution in [0.5, 0.6) is 0 Å². The van der Waals surface area contributed by atoms with Gasteiger partial charge in [0.2, 0.25) is 0 Å². The van der Waals surface area contributed by atoms with E-state index in [1.54, 1.807) is 30.3 Å². The summed E-state index contributed by atoms with van der Waals surface area (Å²) in [4.78, 5) is 31.7. The summed E-state index contributed by atoms with van der Waals surface area (Å²) in [7, 11) is 0. The summed E-state index contributed by atoms with van der Waals surface area (Å²) >= 11 is 5.91. The number of rotatable bonds is 7. The summed E-state index contributed by atoms with van der Waals surface area (Å²) in [6.07, 6.45) is 6.52. The lowest BCUT2D eigenvalue weighted by atomic mass is 10.1. The normalized spacial score (nSPS) is 20.7. The summed E-state index contributed by atoms with van der Waals surface area (Å²) in [5.41, 5.74) is 4.93. The van der Waals surface area contributed by atoms with Gasteiger partial charge in [0, 0.05) is 54.5 Å². The minimum Gasteiger partial charge on any atom is -0.380 e. The molecule has 2 N–H and O–H groups in total. The number of hydroxylamine groups is 1. The average Bonchev–Trinajstić information content (AvgIpc) is 3.31. The Labute approximate surface area is 198 Å². The summed E-state index contributed by atoms with van der Waals surface area (Å²) in [6.45, 7) is 2.02. The molecule has 0 saturated carbocycles. The van der Waals surface area contributed by atoms with Crippen molar-refractivity contribution in [3.05, 3.63) is 70.8 Å². The molecule has 2 aliphatic rings. The Morgan fingerprint density at radius 3 is 2.58 bits per heavy atom. The lowest BCUT2D eigenvalue weighted by Gasteiger charge is -2.21. The highest BCUT2D eigenvalue weighted by atomic mass is 35.5. The fourth-order valence-corrected chi connectivity index (χ4v) is 4.02. The van der Waals surface area contributed by atoms with Crippen molar-refractivity contribution in [2.75, 3.05) is 25.0 Å². The molecule has 0 aliphatic carbocycles. The van der Waals surface area contributed by atoms with Gasteiger partial charge >= 0.3 is 0 Å². The molecule has 2 aromatic rings. The fourth-order valence-electron chi connectivity index (χ4n) is 3.90. The zero-order valence-corrected chi connectivity index (χ0v) is 19.1. The maximum absolute atomic E-state index is 12.7. The molecule has 2 aromatic carbocycles. The third-order valence-corrected chi connectivity index (χ3v) is 5.96. The second-order valence-electron chi connectivity index (χ2n) is 8.22. The molecule has 2 heterocycles. The third-order valence-electron chi connectivity index (χ3n) is 5.70. The molecule has 7 nitrogen and oxygen atoms in total. The number of nitrogens with one attached hydrogen (secondary N) is 2. The zero-order chi connectivity index (χ0) is 23.0. The number of hydrogen-bond acceptors (Lipinski definition) is 5. The number of nitrogens with zero attached hydrogens (tertiary/aromatic N) is 1. The van der Waals surface area contributed by atoms with E-state index in [2.05, 4.69) is 10.8 Å². The number of hydrogen-bond donors (Lipinski definition) is 2. The first-order chi connectivity index (χ1) is 16.1. The number of ether oxygens (including phenoxy) is 1. The molecule has 0 aromatic heterocycles. The van der Waals surface area contributed by atoms with Crippen LogP contribution in [0.25, 0.3) is 6.08 Å². The first kappa shape index (κ1) is 23.3. The van der Waals surface area contributed by atoms with Crippen LogP contribution >= 0.6 is 11.6 Å². The van der Waals surface area contributed by atoms with Gasteiger partial charge in [0.1, 0.15) is 0 Å². The van der Waals surface area contributed by atoms with E-state index >= 15 is 0 Å². The number of halogens is 1. The van der Waals surface area contributed by atoms with Crippen LogP contribution in [0, 0.1) is 0 Å². The lowest BCUT2D eigenvalue weighted by molar-refractivity contribution is -0.198. The van der Waals surface area contributed by atoms with E-state index in [0.717, 1.165) is 36.9 Å². The van der Waals surface area contributed by atoms with Crippen molar-refractivity contribution in [2.24, 2.45) is 0 Å². The van der Waals surface area contributed by atoms with E-state index in [0.29, 0.717) is 30.3 Å². The van der Waals surface area contributed by atoms with Crippen LogP contribution in [0.1, 0.15) is 41.6 Å². The molecule has 2 fully saturated rings. The van der Waals surface area contributed by atoms with Gasteiger partial charge in [-0.1, -0.05) is 23.7 Å².